The molecule has 0 saturated carbocycles. The number of ether oxygens (including phenoxy) is 1. The van der Waals surface area contributed by atoms with Crippen molar-refractivity contribution >= 4 is 11.9 Å². The van der Waals surface area contributed by atoms with Gasteiger partial charge in [0.05, 0.1) is 12.2 Å². The maximum atomic E-state index is 14.6. The normalized spacial score (nSPS) is 10.5. The zero-order valence-electron chi connectivity index (χ0n) is 13.6. The highest BCUT2D eigenvalue weighted by Crippen LogP contribution is 2.29. The van der Waals surface area contributed by atoms with Gasteiger partial charge in [0.25, 0.3) is 0 Å². The summed E-state index contributed by atoms with van der Waals surface area (Å²) in [5, 5.41) is 0. The monoisotopic (exact) mass is 337 g/mol. The molecule has 1 aromatic heterocycles. The van der Waals surface area contributed by atoms with Gasteiger partial charge < -0.3 is 10.5 Å². The number of nitrogen functional groups attached to an aromatic ring is 1. The van der Waals surface area contributed by atoms with E-state index in [9.17, 15) is 9.18 Å². The molecule has 0 bridgehead atoms. The fourth-order valence-corrected chi connectivity index (χ4v) is 2.52. The smallest absolute Gasteiger partial charge is 0.338 e. The lowest BCUT2D eigenvalue weighted by Crippen LogP contribution is -2.06. The molecule has 0 spiro atoms. The van der Waals surface area contributed by atoms with E-state index in [1.165, 1.54) is 18.5 Å². The number of rotatable bonds is 4. The molecule has 3 rings (SSSR count). The molecule has 0 aliphatic carbocycles. The second-order valence-corrected chi connectivity index (χ2v) is 5.29. The number of hydrogen-bond donors (Lipinski definition) is 1. The molecule has 6 heteroatoms. The van der Waals surface area contributed by atoms with Crippen molar-refractivity contribution in [2.75, 3.05) is 12.3 Å². The molecule has 0 radical (unpaired) electrons. The number of carbonyl (C=O) groups excluding carboxylic acids is 1. The summed E-state index contributed by atoms with van der Waals surface area (Å²) >= 11 is 0. The van der Waals surface area contributed by atoms with Crippen molar-refractivity contribution < 1.29 is 13.9 Å². The van der Waals surface area contributed by atoms with E-state index in [0.717, 1.165) is 0 Å². The van der Waals surface area contributed by atoms with Crippen LogP contribution in [0, 0.1) is 5.82 Å². The van der Waals surface area contributed by atoms with Crippen LogP contribution in [0.4, 0.5) is 10.3 Å². The Morgan fingerprint density at radius 3 is 2.48 bits per heavy atom. The van der Waals surface area contributed by atoms with Crippen LogP contribution in [-0.4, -0.2) is 22.5 Å². The van der Waals surface area contributed by atoms with Crippen LogP contribution in [0.2, 0.25) is 0 Å². The number of anilines is 1. The first kappa shape index (κ1) is 16.6. The van der Waals surface area contributed by atoms with Crippen molar-refractivity contribution in [3.63, 3.8) is 0 Å². The molecule has 2 N–H and O–H groups in total. The fourth-order valence-electron chi connectivity index (χ4n) is 2.52. The molecule has 3 aromatic rings. The quantitative estimate of drug-likeness (QED) is 0.734. The highest BCUT2D eigenvalue weighted by Gasteiger charge is 2.15. The molecule has 1 heterocycles. The van der Waals surface area contributed by atoms with Crippen molar-refractivity contribution in [1.29, 1.82) is 0 Å². The number of nitrogens with two attached hydrogens (primary N) is 1. The number of halogens is 1. The summed E-state index contributed by atoms with van der Waals surface area (Å²) in [5.41, 5.74) is 7.93. The predicted octanol–water partition coefficient (Wildman–Crippen LogP) is 3.71. The molecule has 0 unspecified atom stereocenters. The second kappa shape index (κ2) is 7.09. The summed E-state index contributed by atoms with van der Waals surface area (Å²) < 4.78 is 19.7. The van der Waals surface area contributed by atoms with Gasteiger partial charge in [-0.05, 0) is 30.2 Å². The summed E-state index contributed by atoms with van der Waals surface area (Å²) in [6, 6.07) is 11.7. The van der Waals surface area contributed by atoms with Gasteiger partial charge >= 0.3 is 5.97 Å². The van der Waals surface area contributed by atoms with Crippen molar-refractivity contribution in [3.05, 3.63) is 66.2 Å². The highest BCUT2D eigenvalue weighted by atomic mass is 19.1. The van der Waals surface area contributed by atoms with E-state index < -0.39 is 11.8 Å². The molecule has 0 fully saturated rings. The zero-order valence-corrected chi connectivity index (χ0v) is 13.6. The molecule has 5 nitrogen and oxygen atoms in total. The Morgan fingerprint density at radius 2 is 1.80 bits per heavy atom. The number of hydrogen-bond acceptors (Lipinski definition) is 5. The molecule has 0 aliphatic rings. The van der Waals surface area contributed by atoms with E-state index in [1.54, 1.807) is 43.3 Å². The lowest BCUT2D eigenvalue weighted by molar-refractivity contribution is 0.0527. The van der Waals surface area contributed by atoms with Gasteiger partial charge in [0.1, 0.15) is 5.82 Å². The van der Waals surface area contributed by atoms with Crippen LogP contribution in [-0.2, 0) is 4.74 Å². The van der Waals surface area contributed by atoms with E-state index >= 15 is 0 Å². The van der Waals surface area contributed by atoms with Gasteiger partial charge in [-0.3, -0.25) is 0 Å². The maximum absolute atomic E-state index is 14.6. The van der Waals surface area contributed by atoms with Crippen LogP contribution in [0.25, 0.3) is 22.3 Å². The number of esters is 1. The minimum Gasteiger partial charge on any atom is -0.462 e. The average molecular weight is 337 g/mol. The Labute approximate surface area is 144 Å². The van der Waals surface area contributed by atoms with Crippen LogP contribution < -0.4 is 5.73 Å². The van der Waals surface area contributed by atoms with Gasteiger partial charge in [0.2, 0.25) is 5.95 Å². The van der Waals surface area contributed by atoms with Crippen molar-refractivity contribution in [2.24, 2.45) is 0 Å². The molecular weight excluding hydrogens is 321 g/mol. The van der Waals surface area contributed by atoms with Crippen LogP contribution in [0.3, 0.4) is 0 Å². The van der Waals surface area contributed by atoms with Gasteiger partial charge in [-0.2, -0.15) is 0 Å². The van der Waals surface area contributed by atoms with Crippen LogP contribution in [0.5, 0.6) is 0 Å². The Morgan fingerprint density at radius 1 is 1.08 bits per heavy atom. The second-order valence-electron chi connectivity index (χ2n) is 5.29. The van der Waals surface area contributed by atoms with Gasteiger partial charge in [0, 0.05) is 23.5 Å². The Balaban J connectivity index is 2.02. The highest BCUT2D eigenvalue weighted by molar-refractivity contribution is 5.97. The Kier molecular flexibility index (Phi) is 4.70. The van der Waals surface area contributed by atoms with E-state index in [1.807, 2.05) is 0 Å². The third kappa shape index (κ3) is 3.47. The SMILES string of the molecule is CCOC(=O)c1ccccc1-c1ccc(-c2cnc(N)nc2)c(F)c1. The summed E-state index contributed by atoms with van der Waals surface area (Å²) in [6.45, 7) is 2.02. The van der Waals surface area contributed by atoms with Gasteiger partial charge in [0.15, 0.2) is 0 Å². The third-order valence-electron chi connectivity index (χ3n) is 3.69. The average Bonchev–Trinajstić information content (AvgIpc) is 2.63. The minimum atomic E-state index is -0.440. The third-order valence-corrected chi connectivity index (χ3v) is 3.69. The fraction of sp³-hybridized carbons (Fsp3) is 0.105. The van der Waals surface area contributed by atoms with Crippen LogP contribution in [0.1, 0.15) is 17.3 Å². The number of aromatic nitrogens is 2. The Bertz CT molecular complexity index is 911. The molecule has 0 amide bonds. The van der Waals surface area contributed by atoms with Gasteiger partial charge in [-0.1, -0.05) is 30.3 Å². The van der Waals surface area contributed by atoms with Crippen molar-refractivity contribution in [3.8, 4) is 22.3 Å². The number of nitrogens with zero attached hydrogens (tertiary/aromatic N) is 2. The first-order chi connectivity index (χ1) is 12.1. The van der Waals surface area contributed by atoms with Gasteiger partial charge in [-0.25, -0.2) is 19.2 Å². The molecule has 25 heavy (non-hydrogen) atoms. The molecule has 0 saturated heterocycles. The van der Waals surface area contributed by atoms with E-state index in [4.69, 9.17) is 10.5 Å². The first-order valence-electron chi connectivity index (χ1n) is 7.74. The lowest BCUT2D eigenvalue weighted by Gasteiger charge is -2.10. The van der Waals surface area contributed by atoms with Crippen molar-refractivity contribution in [2.45, 2.75) is 6.92 Å². The molecule has 0 aliphatic heterocycles. The minimum absolute atomic E-state index is 0.129. The molecule has 2 aromatic carbocycles. The summed E-state index contributed by atoms with van der Waals surface area (Å²) in [7, 11) is 0. The Hall–Kier alpha value is -3.28. The first-order valence-corrected chi connectivity index (χ1v) is 7.74. The molecule has 0 atom stereocenters. The van der Waals surface area contributed by atoms with Crippen LogP contribution >= 0.6 is 0 Å². The van der Waals surface area contributed by atoms with E-state index in [-0.39, 0.29) is 12.6 Å². The summed E-state index contributed by atoms with van der Waals surface area (Å²) in [6.07, 6.45) is 2.93. The topological polar surface area (TPSA) is 78.1 Å². The summed E-state index contributed by atoms with van der Waals surface area (Å²) in [4.78, 5) is 19.8. The predicted molar refractivity (Wildman–Crippen MR) is 93.2 cm³/mol. The maximum Gasteiger partial charge on any atom is 0.338 e. The summed E-state index contributed by atoms with van der Waals surface area (Å²) in [5.74, 6) is -0.747. The molecule has 126 valence electrons. The largest absolute Gasteiger partial charge is 0.462 e. The van der Waals surface area contributed by atoms with E-state index in [0.29, 0.717) is 27.8 Å². The van der Waals surface area contributed by atoms with Gasteiger partial charge in [-0.15, -0.1) is 0 Å². The van der Waals surface area contributed by atoms with E-state index in [2.05, 4.69) is 9.97 Å². The number of benzene rings is 2. The van der Waals surface area contributed by atoms with Crippen molar-refractivity contribution in [1.82, 2.24) is 9.97 Å². The van der Waals surface area contributed by atoms with Crippen LogP contribution in [0.15, 0.2) is 54.9 Å². The molecular formula is C19H16FN3O2. The zero-order chi connectivity index (χ0) is 17.8. The standard InChI is InChI=1S/C19H16FN3O2/c1-2-25-18(24)16-6-4-3-5-14(16)12-7-8-15(17(20)9-12)13-10-22-19(21)23-11-13/h3-11H,2H2,1H3,(H2,21,22,23). The lowest BCUT2D eigenvalue weighted by atomic mass is 9.97. The number of carbonyl (C=O) groups is 1.